The molecule has 2 rings (SSSR count). The van der Waals surface area contributed by atoms with Gasteiger partial charge in [-0.25, -0.2) is 4.79 Å². The number of hydrogen-bond donors (Lipinski definition) is 0. The SMILES string of the molecule is CC(C)Oc1ccc2c(c1Br)CCN(C(=O)OC(C)(C)C)C2. The number of amides is 1. The summed E-state index contributed by atoms with van der Waals surface area (Å²) in [6.07, 6.45) is 0.678. The third-order valence-corrected chi connectivity index (χ3v) is 4.18. The van der Waals surface area contributed by atoms with E-state index >= 15 is 0 Å². The lowest BCUT2D eigenvalue weighted by Crippen LogP contribution is -2.40. The van der Waals surface area contributed by atoms with E-state index in [0.717, 1.165) is 22.2 Å². The minimum atomic E-state index is -0.465. The molecule has 0 bridgehead atoms. The number of benzene rings is 1. The summed E-state index contributed by atoms with van der Waals surface area (Å²) in [5, 5.41) is 0. The maximum atomic E-state index is 12.2. The van der Waals surface area contributed by atoms with Crippen molar-refractivity contribution in [1.82, 2.24) is 4.90 Å². The van der Waals surface area contributed by atoms with E-state index in [4.69, 9.17) is 9.47 Å². The summed E-state index contributed by atoms with van der Waals surface area (Å²) >= 11 is 3.64. The van der Waals surface area contributed by atoms with Crippen molar-refractivity contribution in [2.45, 2.75) is 59.3 Å². The molecule has 0 radical (unpaired) electrons. The summed E-state index contributed by atoms with van der Waals surface area (Å²) < 4.78 is 12.3. The number of hydrogen-bond acceptors (Lipinski definition) is 3. The van der Waals surface area contributed by atoms with Gasteiger partial charge in [-0.3, -0.25) is 0 Å². The van der Waals surface area contributed by atoms with Gasteiger partial charge in [0, 0.05) is 13.1 Å². The van der Waals surface area contributed by atoms with Crippen molar-refractivity contribution in [2.75, 3.05) is 6.54 Å². The van der Waals surface area contributed by atoms with Crippen LogP contribution in [0.15, 0.2) is 16.6 Å². The van der Waals surface area contributed by atoms with Crippen LogP contribution in [0.1, 0.15) is 45.7 Å². The number of carbonyl (C=O) groups is 1. The van der Waals surface area contributed by atoms with Gasteiger partial charge < -0.3 is 14.4 Å². The normalized spacial score (nSPS) is 14.8. The Labute approximate surface area is 140 Å². The van der Waals surface area contributed by atoms with Crippen LogP contribution in [-0.4, -0.2) is 29.2 Å². The Morgan fingerprint density at radius 3 is 2.59 bits per heavy atom. The molecule has 122 valence electrons. The first-order chi connectivity index (χ1) is 10.2. The molecule has 1 aromatic rings. The Kier molecular flexibility index (Phi) is 5.05. The fraction of sp³-hybridized carbons (Fsp3) is 0.588. The first kappa shape index (κ1) is 17.1. The van der Waals surface area contributed by atoms with Crippen molar-refractivity contribution in [3.05, 3.63) is 27.7 Å². The monoisotopic (exact) mass is 369 g/mol. The molecule has 0 aromatic heterocycles. The molecule has 0 unspecified atom stereocenters. The van der Waals surface area contributed by atoms with Crippen LogP contribution in [0.25, 0.3) is 0 Å². The van der Waals surface area contributed by atoms with Gasteiger partial charge in [0.1, 0.15) is 11.4 Å². The Morgan fingerprint density at radius 2 is 2.00 bits per heavy atom. The second kappa shape index (κ2) is 6.49. The lowest BCUT2D eigenvalue weighted by atomic mass is 9.99. The molecule has 0 fully saturated rings. The van der Waals surface area contributed by atoms with Crippen molar-refractivity contribution in [3.8, 4) is 5.75 Å². The Balaban J connectivity index is 2.15. The van der Waals surface area contributed by atoms with Crippen LogP contribution in [0.2, 0.25) is 0 Å². The third kappa shape index (κ3) is 4.15. The number of ether oxygens (including phenoxy) is 2. The highest BCUT2D eigenvalue weighted by Gasteiger charge is 2.27. The van der Waals surface area contributed by atoms with Gasteiger partial charge in [-0.05, 0) is 74.2 Å². The minimum absolute atomic E-state index is 0.135. The first-order valence-corrected chi connectivity index (χ1v) is 8.41. The zero-order valence-electron chi connectivity index (χ0n) is 13.9. The smallest absolute Gasteiger partial charge is 0.410 e. The standard InChI is InChI=1S/C17H24BrNO3/c1-11(2)21-14-7-6-12-10-19(9-8-13(12)15(14)18)16(20)22-17(3,4)5/h6-7,11H,8-10H2,1-5H3. The summed E-state index contributed by atoms with van der Waals surface area (Å²) in [5.74, 6) is 0.861. The first-order valence-electron chi connectivity index (χ1n) is 7.62. The number of halogens is 1. The fourth-order valence-corrected chi connectivity index (χ4v) is 3.10. The van der Waals surface area contributed by atoms with Crippen molar-refractivity contribution in [1.29, 1.82) is 0 Å². The van der Waals surface area contributed by atoms with Gasteiger partial charge in [0.15, 0.2) is 0 Å². The lowest BCUT2D eigenvalue weighted by Gasteiger charge is -2.32. The topological polar surface area (TPSA) is 38.8 Å². The van der Waals surface area contributed by atoms with Crippen LogP contribution in [0.4, 0.5) is 4.79 Å². The van der Waals surface area contributed by atoms with Gasteiger partial charge in [0.05, 0.1) is 10.6 Å². The molecule has 1 amide bonds. The Bertz CT molecular complexity index is 564. The van der Waals surface area contributed by atoms with E-state index in [-0.39, 0.29) is 12.2 Å². The second-order valence-corrected chi connectivity index (χ2v) is 7.63. The van der Waals surface area contributed by atoms with Crippen LogP contribution < -0.4 is 4.74 Å². The van der Waals surface area contributed by atoms with Crippen LogP contribution in [0, 0.1) is 0 Å². The predicted octanol–water partition coefficient (Wildman–Crippen LogP) is 4.53. The van der Waals surface area contributed by atoms with Crippen molar-refractivity contribution in [2.24, 2.45) is 0 Å². The molecule has 5 heteroatoms. The summed E-state index contributed by atoms with van der Waals surface area (Å²) in [6, 6.07) is 4.00. The summed E-state index contributed by atoms with van der Waals surface area (Å²) in [6.45, 7) is 10.9. The lowest BCUT2D eigenvalue weighted by molar-refractivity contribution is 0.0223. The molecule has 0 saturated carbocycles. The zero-order valence-corrected chi connectivity index (χ0v) is 15.5. The average molecular weight is 370 g/mol. The van der Waals surface area contributed by atoms with E-state index in [1.807, 2.05) is 46.8 Å². The van der Waals surface area contributed by atoms with Crippen LogP contribution in [-0.2, 0) is 17.7 Å². The number of carbonyl (C=O) groups excluding carboxylic acids is 1. The number of fused-ring (bicyclic) bond motifs is 1. The molecule has 1 aliphatic rings. The zero-order chi connectivity index (χ0) is 16.5. The van der Waals surface area contributed by atoms with Gasteiger partial charge in [0.25, 0.3) is 0 Å². The molecule has 1 heterocycles. The molecule has 0 atom stereocenters. The van der Waals surface area contributed by atoms with E-state index in [0.29, 0.717) is 13.1 Å². The molecular weight excluding hydrogens is 346 g/mol. The van der Waals surface area contributed by atoms with Gasteiger partial charge in [-0.15, -0.1) is 0 Å². The van der Waals surface area contributed by atoms with Crippen LogP contribution in [0.5, 0.6) is 5.75 Å². The molecule has 0 aliphatic carbocycles. The maximum Gasteiger partial charge on any atom is 0.410 e. The van der Waals surface area contributed by atoms with Gasteiger partial charge in [-0.2, -0.15) is 0 Å². The van der Waals surface area contributed by atoms with E-state index in [1.54, 1.807) is 4.90 Å². The molecule has 4 nitrogen and oxygen atoms in total. The van der Waals surface area contributed by atoms with E-state index < -0.39 is 5.60 Å². The Hall–Kier alpha value is -1.23. The minimum Gasteiger partial charge on any atom is -0.490 e. The molecule has 0 N–H and O–H groups in total. The molecular formula is C17H24BrNO3. The highest BCUT2D eigenvalue weighted by molar-refractivity contribution is 9.10. The molecule has 1 aliphatic heterocycles. The van der Waals surface area contributed by atoms with Gasteiger partial charge in [-0.1, -0.05) is 6.07 Å². The molecule has 0 spiro atoms. The van der Waals surface area contributed by atoms with Crippen molar-refractivity contribution >= 4 is 22.0 Å². The highest BCUT2D eigenvalue weighted by atomic mass is 79.9. The van der Waals surface area contributed by atoms with Crippen LogP contribution >= 0.6 is 15.9 Å². The van der Waals surface area contributed by atoms with E-state index in [1.165, 1.54) is 5.56 Å². The molecule has 22 heavy (non-hydrogen) atoms. The molecule has 0 saturated heterocycles. The number of rotatable bonds is 2. The van der Waals surface area contributed by atoms with Crippen LogP contribution in [0.3, 0.4) is 0 Å². The van der Waals surface area contributed by atoms with E-state index in [2.05, 4.69) is 15.9 Å². The largest absolute Gasteiger partial charge is 0.490 e. The van der Waals surface area contributed by atoms with Crippen molar-refractivity contribution in [3.63, 3.8) is 0 Å². The quantitative estimate of drug-likeness (QED) is 0.768. The second-order valence-electron chi connectivity index (χ2n) is 6.83. The molecule has 1 aromatic carbocycles. The van der Waals surface area contributed by atoms with Gasteiger partial charge in [0.2, 0.25) is 0 Å². The average Bonchev–Trinajstić information content (AvgIpc) is 2.39. The summed E-state index contributed by atoms with van der Waals surface area (Å²) in [4.78, 5) is 13.9. The summed E-state index contributed by atoms with van der Waals surface area (Å²) in [5.41, 5.74) is 1.89. The fourth-order valence-electron chi connectivity index (χ4n) is 2.42. The Morgan fingerprint density at radius 1 is 1.32 bits per heavy atom. The predicted molar refractivity (Wildman–Crippen MR) is 90.3 cm³/mol. The van der Waals surface area contributed by atoms with E-state index in [9.17, 15) is 4.79 Å². The maximum absolute atomic E-state index is 12.2. The van der Waals surface area contributed by atoms with Crippen molar-refractivity contribution < 1.29 is 14.3 Å². The van der Waals surface area contributed by atoms with Gasteiger partial charge >= 0.3 is 6.09 Å². The third-order valence-electron chi connectivity index (χ3n) is 3.31. The number of nitrogens with zero attached hydrogens (tertiary/aromatic N) is 1. The highest BCUT2D eigenvalue weighted by Crippen LogP contribution is 2.35. The summed E-state index contributed by atoms with van der Waals surface area (Å²) in [7, 11) is 0.